The minimum absolute atomic E-state index is 0.316. The first-order valence-electron chi connectivity index (χ1n) is 8.73. The smallest absolute Gasteiger partial charge is 0.0969 e. The summed E-state index contributed by atoms with van der Waals surface area (Å²) in [7, 11) is 2.25. The topological polar surface area (TPSA) is 22.2 Å². The summed E-state index contributed by atoms with van der Waals surface area (Å²) >= 11 is 0. The second kappa shape index (κ2) is 6.15. The molecule has 0 radical (unpaired) electrons. The third kappa shape index (κ3) is 3.79. The predicted octanol–water partition coefficient (Wildman–Crippen LogP) is 1.51. The fourth-order valence-electron chi connectivity index (χ4n) is 4.32. The van der Waals surface area contributed by atoms with Gasteiger partial charge in [0, 0.05) is 38.3 Å². The van der Waals surface area contributed by atoms with Gasteiger partial charge < -0.3 is 9.64 Å². The Morgan fingerprint density at radius 2 is 1.52 bits per heavy atom. The van der Waals surface area contributed by atoms with E-state index >= 15 is 0 Å². The number of ether oxygens (including phenoxy) is 1. The molecular weight excluding hydrogens is 262 g/mol. The minimum Gasteiger partial charge on any atom is -0.371 e. The lowest BCUT2D eigenvalue weighted by Gasteiger charge is -2.47. The average molecular weight is 295 g/mol. The summed E-state index contributed by atoms with van der Waals surface area (Å²) in [4.78, 5) is 7.91. The summed E-state index contributed by atoms with van der Waals surface area (Å²) in [6.07, 6.45) is 3.19. The van der Waals surface area contributed by atoms with Crippen LogP contribution in [0.5, 0.6) is 0 Å². The fraction of sp³-hybridized carbons (Fsp3) is 1.00. The van der Waals surface area contributed by atoms with Gasteiger partial charge in [-0.25, -0.2) is 0 Å². The van der Waals surface area contributed by atoms with Crippen LogP contribution in [0.25, 0.3) is 0 Å². The molecule has 0 aromatic carbocycles. The van der Waals surface area contributed by atoms with E-state index in [0.29, 0.717) is 17.6 Å². The van der Waals surface area contributed by atoms with Crippen LogP contribution in [0.2, 0.25) is 0 Å². The van der Waals surface area contributed by atoms with Crippen molar-refractivity contribution in [2.45, 2.75) is 51.8 Å². The molecule has 3 fully saturated rings. The van der Waals surface area contributed by atoms with Gasteiger partial charge in [0.2, 0.25) is 0 Å². The van der Waals surface area contributed by atoms with Crippen LogP contribution in [0.3, 0.4) is 0 Å². The minimum atomic E-state index is 0.316. The normalized spacial score (nSPS) is 32.3. The first-order chi connectivity index (χ1) is 9.95. The first kappa shape index (κ1) is 15.7. The van der Waals surface area contributed by atoms with Crippen molar-refractivity contribution in [2.24, 2.45) is 5.41 Å². The second-order valence-electron chi connectivity index (χ2n) is 8.29. The highest BCUT2D eigenvalue weighted by atomic mass is 16.6. The highest BCUT2D eigenvalue weighted by Gasteiger charge is 2.44. The molecule has 0 N–H and O–H groups in total. The van der Waals surface area contributed by atoms with E-state index in [4.69, 9.17) is 4.74 Å². The van der Waals surface area contributed by atoms with Crippen molar-refractivity contribution >= 4 is 0 Å². The zero-order valence-corrected chi connectivity index (χ0v) is 14.3. The number of rotatable bonds is 3. The SMILES string of the molecule is CN1CCC(N2CCN(C(C3CO3)C(C)(C)C)CC2)CC1. The van der Waals surface area contributed by atoms with E-state index < -0.39 is 0 Å². The fourth-order valence-corrected chi connectivity index (χ4v) is 4.32. The summed E-state index contributed by atoms with van der Waals surface area (Å²) in [5.74, 6) is 0. The molecule has 2 unspecified atom stereocenters. The molecule has 0 aromatic heterocycles. The van der Waals surface area contributed by atoms with Crippen LogP contribution in [0, 0.1) is 5.41 Å². The monoisotopic (exact) mass is 295 g/mol. The summed E-state index contributed by atoms with van der Waals surface area (Å²) in [5.41, 5.74) is 0.316. The molecule has 0 aliphatic carbocycles. The van der Waals surface area contributed by atoms with E-state index in [-0.39, 0.29) is 0 Å². The summed E-state index contributed by atoms with van der Waals surface area (Å²) in [5, 5.41) is 0. The molecule has 122 valence electrons. The van der Waals surface area contributed by atoms with Gasteiger partial charge in [0.1, 0.15) is 0 Å². The molecule has 3 saturated heterocycles. The summed E-state index contributed by atoms with van der Waals surface area (Å²) < 4.78 is 5.64. The molecule has 0 amide bonds. The lowest BCUT2D eigenvalue weighted by molar-refractivity contribution is 0.00748. The Balaban J connectivity index is 1.52. The standard InChI is InChI=1S/C17H33N3O/c1-17(2,3)16(15-13-21-15)20-11-9-19(10-12-20)14-5-7-18(4)8-6-14/h14-16H,5-13H2,1-4H3. The molecule has 21 heavy (non-hydrogen) atoms. The van der Waals surface area contributed by atoms with E-state index in [1.807, 2.05) is 0 Å². The Morgan fingerprint density at radius 3 is 2.00 bits per heavy atom. The largest absolute Gasteiger partial charge is 0.371 e. The molecule has 3 aliphatic heterocycles. The number of likely N-dealkylation sites (tertiary alicyclic amines) is 1. The van der Waals surface area contributed by atoms with Crippen molar-refractivity contribution in [1.29, 1.82) is 0 Å². The number of epoxide rings is 1. The molecule has 3 rings (SSSR count). The lowest BCUT2D eigenvalue weighted by atomic mass is 9.83. The Labute approximate surface area is 130 Å². The molecule has 3 aliphatic rings. The molecule has 0 bridgehead atoms. The quantitative estimate of drug-likeness (QED) is 0.736. The van der Waals surface area contributed by atoms with Crippen molar-refractivity contribution < 1.29 is 4.74 Å². The predicted molar refractivity (Wildman–Crippen MR) is 86.6 cm³/mol. The van der Waals surface area contributed by atoms with Crippen LogP contribution in [0.1, 0.15) is 33.6 Å². The third-order valence-electron chi connectivity index (χ3n) is 5.55. The molecule has 0 saturated carbocycles. The van der Waals surface area contributed by atoms with Gasteiger partial charge in [-0.15, -0.1) is 0 Å². The molecule has 4 nitrogen and oxygen atoms in total. The maximum atomic E-state index is 5.64. The van der Waals surface area contributed by atoms with E-state index in [9.17, 15) is 0 Å². The van der Waals surface area contributed by atoms with Crippen LogP contribution < -0.4 is 0 Å². The van der Waals surface area contributed by atoms with Crippen molar-refractivity contribution in [3.05, 3.63) is 0 Å². The maximum Gasteiger partial charge on any atom is 0.0969 e. The van der Waals surface area contributed by atoms with Gasteiger partial charge in [-0.1, -0.05) is 20.8 Å². The molecule has 0 spiro atoms. The van der Waals surface area contributed by atoms with E-state index in [2.05, 4.69) is 42.5 Å². The highest BCUT2D eigenvalue weighted by molar-refractivity contribution is 4.97. The Morgan fingerprint density at radius 1 is 0.952 bits per heavy atom. The van der Waals surface area contributed by atoms with Crippen LogP contribution in [-0.2, 0) is 4.74 Å². The molecule has 3 heterocycles. The first-order valence-corrected chi connectivity index (χ1v) is 8.73. The van der Waals surface area contributed by atoms with E-state index in [1.165, 1.54) is 52.1 Å². The Kier molecular flexibility index (Phi) is 4.60. The van der Waals surface area contributed by atoms with Crippen LogP contribution in [0.4, 0.5) is 0 Å². The van der Waals surface area contributed by atoms with Crippen LogP contribution in [0.15, 0.2) is 0 Å². The van der Waals surface area contributed by atoms with Gasteiger partial charge in [-0.05, 0) is 38.4 Å². The van der Waals surface area contributed by atoms with Gasteiger partial charge in [-0.2, -0.15) is 0 Å². The van der Waals surface area contributed by atoms with Crippen molar-refractivity contribution in [2.75, 3.05) is 52.9 Å². The number of piperidine rings is 1. The molecule has 2 atom stereocenters. The molecular formula is C17H33N3O. The number of piperazine rings is 1. The molecule has 0 aromatic rings. The number of hydrogen-bond acceptors (Lipinski definition) is 4. The van der Waals surface area contributed by atoms with Crippen molar-refractivity contribution in [3.8, 4) is 0 Å². The van der Waals surface area contributed by atoms with Crippen molar-refractivity contribution in [3.63, 3.8) is 0 Å². The van der Waals surface area contributed by atoms with E-state index in [1.54, 1.807) is 0 Å². The summed E-state index contributed by atoms with van der Waals surface area (Å²) in [6, 6.07) is 1.42. The molecule has 4 heteroatoms. The van der Waals surface area contributed by atoms with Crippen LogP contribution >= 0.6 is 0 Å². The number of nitrogens with zero attached hydrogens (tertiary/aromatic N) is 3. The second-order valence-corrected chi connectivity index (χ2v) is 8.29. The highest BCUT2D eigenvalue weighted by Crippen LogP contribution is 2.34. The summed E-state index contributed by atoms with van der Waals surface area (Å²) in [6.45, 7) is 15.5. The average Bonchev–Trinajstić information content (AvgIpc) is 3.24. The lowest BCUT2D eigenvalue weighted by Crippen LogP contribution is -2.58. The van der Waals surface area contributed by atoms with Crippen LogP contribution in [-0.4, -0.2) is 85.8 Å². The van der Waals surface area contributed by atoms with Gasteiger partial charge >= 0.3 is 0 Å². The van der Waals surface area contributed by atoms with Gasteiger partial charge in [-0.3, -0.25) is 9.80 Å². The zero-order chi connectivity index (χ0) is 15.0. The Bertz CT molecular complexity index is 334. The third-order valence-corrected chi connectivity index (χ3v) is 5.55. The van der Waals surface area contributed by atoms with Gasteiger partial charge in [0.25, 0.3) is 0 Å². The van der Waals surface area contributed by atoms with Gasteiger partial charge in [0.15, 0.2) is 0 Å². The maximum absolute atomic E-state index is 5.64. The Hall–Kier alpha value is -0.160. The van der Waals surface area contributed by atoms with E-state index in [0.717, 1.165) is 12.6 Å². The number of hydrogen-bond donors (Lipinski definition) is 0. The zero-order valence-electron chi connectivity index (χ0n) is 14.3. The van der Waals surface area contributed by atoms with Crippen molar-refractivity contribution in [1.82, 2.24) is 14.7 Å². The van der Waals surface area contributed by atoms with Gasteiger partial charge in [0.05, 0.1) is 12.7 Å².